The van der Waals surface area contributed by atoms with Crippen molar-refractivity contribution in [1.29, 1.82) is 0 Å². The molecular formula is C13H21ClN4. The van der Waals surface area contributed by atoms with Gasteiger partial charge in [0.1, 0.15) is 17.2 Å². The van der Waals surface area contributed by atoms with Gasteiger partial charge in [0, 0.05) is 19.1 Å². The minimum absolute atomic E-state index is 0.587. The first-order valence-corrected chi connectivity index (χ1v) is 7.08. The average molecular weight is 269 g/mol. The third-order valence-corrected chi connectivity index (χ3v) is 3.80. The van der Waals surface area contributed by atoms with Crippen molar-refractivity contribution in [2.24, 2.45) is 0 Å². The highest BCUT2D eigenvalue weighted by Crippen LogP contribution is 2.17. The Kier molecular flexibility index (Phi) is 5.20. The smallest absolute Gasteiger partial charge is 0.148 e. The number of likely N-dealkylation sites (tertiary alicyclic amines) is 1. The molecule has 1 aromatic rings. The van der Waals surface area contributed by atoms with E-state index in [0.29, 0.717) is 5.02 Å². The first-order chi connectivity index (χ1) is 8.77. The monoisotopic (exact) mass is 268 g/mol. The van der Waals surface area contributed by atoms with Gasteiger partial charge in [-0.2, -0.15) is 0 Å². The predicted molar refractivity (Wildman–Crippen MR) is 75.0 cm³/mol. The number of aromatic nitrogens is 2. The van der Waals surface area contributed by atoms with Crippen molar-refractivity contribution in [2.45, 2.75) is 38.6 Å². The minimum atomic E-state index is 0.587. The van der Waals surface area contributed by atoms with Crippen molar-refractivity contribution in [1.82, 2.24) is 14.9 Å². The van der Waals surface area contributed by atoms with Gasteiger partial charge in [0.25, 0.3) is 0 Å². The Balaban J connectivity index is 1.68. The van der Waals surface area contributed by atoms with Crippen molar-refractivity contribution in [2.75, 3.05) is 25.0 Å². The third-order valence-electron chi connectivity index (χ3n) is 3.52. The summed E-state index contributed by atoms with van der Waals surface area (Å²) in [7, 11) is 0. The molecule has 0 bridgehead atoms. The van der Waals surface area contributed by atoms with E-state index in [1.165, 1.54) is 32.1 Å². The van der Waals surface area contributed by atoms with E-state index < -0.39 is 0 Å². The molecule has 1 fully saturated rings. The van der Waals surface area contributed by atoms with Gasteiger partial charge in [-0.1, -0.05) is 18.0 Å². The Morgan fingerprint density at radius 3 is 3.17 bits per heavy atom. The van der Waals surface area contributed by atoms with Gasteiger partial charge in [-0.3, -0.25) is 0 Å². The summed E-state index contributed by atoms with van der Waals surface area (Å²) in [6, 6.07) is 0.737. The second-order valence-electron chi connectivity index (χ2n) is 4.88. The molecule has 1 aromatic heterocycles. The summed E-state index contributed by atoms with van der Waals surface area (Å²) < 4.78 is 0. The number of halogens is 1. The van der Waals surface area contributed by atoms with Crippen molar-refractivity contribution < 1.29 is 0 Å². The summed E-state index contributed by atoms with van der Waals surface area (Å²) in [6.45, 7) is 5.63. The number of hydrogen-bond donors (Lipinski definition) is 1. The molecule has 1 saturated heterocycles. The fraction of sp³-hybridized carbons (Fsp3) is 0.692. The maximum Gasteiger partial charge on any atom is 0.148 e. The van der Waals surface area contributed by atoms with Crippen molar-refractivity contribution >= 4 is 17.4 Å². The summed E-state index contributed by atoms with van der Waals surface area (Å²) in [5.41, 5.74) is 0. The lowest BCUT2D eigenvalue weighted by Gasteiger charge is -2.33. The van der Waals surface area contributed by atoms with Crippen LogP contribution >= 0.6 is 11.6 Å². The Morgan fingerprint density at radius 2 is 2.39 bits per heavy atom. The molecule has 18 heavy (non-hydrogen) atoms. The van der Waals surface area contributed by atoms with E-state index in [1.54, 1.807) is 6.20 Å². The van der Waals surface area contributed by atoms with Gasteiger partial charge in [0.2, 0.25) is 0 Å². The first-order valence-electron chi connectivity index (χ1n) is 6.71. The molecular weight excluding hydrogens is 248 g/mol. The van der Waals surface area contributed by atoms with E-state index in [-0.39, 0.29) is 0 Å². The van der Waals surface area contributed by atoms with Crippen molar-refractivity contribution in [3.05, 3.63) is 17.5 Å². The largest absolute Gasteiger partial charge is 0.369 e. The van der Waals surface area contributed by atoms with E-state index in [0.717, 1.165) is 31.4 Å². The van der Waals surface area contributed by atoms with E-state index in [4.69, 9.17) is 11.6 Å². The number of nitrogens with zero attached hydrogens (tertiary/aromatic N) is 3. The molecule has 5 heteroatoms. The number of rotatable bonds is 5. The number of hydrogen-bond acceptors (Lipinski definition) is 4. The summed E-state index contributed by atoms with van der Waals surface area (Å²) in [5.74, 6) is 0.735. The van der Waals surface area contributed by atoms with Gasteiger partial charge < -0.3 is 10.2 Å². The average Bonchev–Trinajstić information content (AvgIpc) is 2.38. The highest BCUT2D eigenvalue weighted by atomic mass is 35.5. The van der Waals surface area contributed by atoms with Crippen LogP contribution in [0.15, 0.2) is 12.5 Å². The van der Waals surface area contributed by atoms with Crippen LogP contribution in [0.25, 0.3) is 0 Å². The maximum absolute atomic E-state index is 5.98. The lowest BCUT2D eigenvalue weighted by molar-refractivity contribution is 0.160. The van der Waals surface area contributed by atoms with E-state index in [1.807, 2.05) is 0 Å². The summed E-state index contributed by atoms with van der Waals surface area (Å²) in [5, 5.41) is 3.84. The molecule has 2 rings (SSSR count). The Morgan fingerprint density at radius 1 is 1.50 bits per heavy atom. The van der Waals surface area contributed by atoms with Crippen molar-refractivity contribution in [3.8, 4) is 0 Å². The van der Waals surface area contributed by atoms with Gasteiger partial charge in [-0.25, -0.2) is 9.97 Å². The molecule has 2 heterocycles. The van der Waals surface area contributed by atoms with Crippen LogP contribution in [-0.2, 0) is 0 Å². The molecule has 0 saturated carbocycles. The van der Waals surface area contributed by atoms with Crippen LogP contribution < -0.4 is 5.32 Å². The molecule has 0 spiro atoms. The van der Waals surface area contributed by atoms with E-state index >= 15 is 0 Å². The van der Waals surface area contributed by atoms with Gasteiger partial charge >= 0.3 is 0 Å². The number of anilines is 1. The molecule has 1 unspecified atom stereocenters. The second kappa shape index (κ2) is 6.90. The van der Waals surface area contributed by atoms with Crippen LogP contribution in [0, 0.1) is 0 Å². The highest BCUT2D eigenvalue weighted by Gasteiger charge is 2.16. The van der Waals surface area contributed by atoms with Gasteiger partial charge in [0.15, 0.2) is 0 Å². The summed E-state index contributed by atoms with van der Waals surface area (Å²) >= 11 is 5.98. The molecule has 100 valence electrons. The van der Waals surface area contributed by atoms with Crippen LogP contribution in [0.4, 0.5) is 5.82 Å². The van der Waals surface area contributed by atoms with E-state index in [2.05, 4.69) is 27.1 Å². The van der Waals surface area contributed by atoms with Crippen LogP contribution in [0.5, 0.6) is 0 Å². The molecule has 0 radical (unpaired) electrons. The molecule has 4 nitrogen and oxygen atoms in total. The number of piperidine rings is 1. The first kappa shape index (κ1) is 13.6. The third kappa shape index (κ3) is 3.82. The fourth-order valence-electron chi connectivity index (χ4n) is 2.42. The Hall–Kier alpha value is -0.870. The molecule has 1 aliphatic heterocycles. The highest BCUT2D eigenvalue weighted by molar-refractivity contribution is 6.32. The zero-order valence-corrected chi connectivity index (χ0v) is 11.7. The van der Waals surface area contributed by atoms with Crippen LogP contribution in [-0.4, -0.2) is 40.5 Å². The molecule has 0 amide bonds. The zero-order chi connectivity index (χ0) is 12.8. The van der Waals surface area contributed by atoms with Crippen LogP contribution in [0.2, 0.25) is 5.02 Å². The lowest BCUT2D eigenvalue weighted by atomic mass is 10.0. The molecule has 1 atom stereocenters. The summed E-state index contributed by atoms with van der Waals surface area (Å²) in [6.07, 6.45) is 8.31. The quantitative estimate of drug-likeness (QED) is 0.834. The molecule has 0 aromatic carbocycles. The lowest BCUT2D eigenvalue weighted by Crippen LogP contribution is -2.38. The van der Waals surface area contributed by atoms with Crippen LogP contribution in [0.3, 0.4) is 0 Å². The molecule has 0 aliphatic carbocycles. The van der Waals surface area contributed by atoms with Gasteiger partial charge in [-0.15, -0.1) is 0 Å². The minimum Gasteiger partial charge on any atom is -0.369 e. The maximum atomic E-state index is 5.98. The SMILES string of the molecule is CC1CCCCN1CCCNc1ncncc1Cl. The van der Waals surface area contributed by atoms with Crippen LogP contribution in [0.1, 0.15) is 32.6 Å². The van der Waals surface area contributed by atoms with Gasteiger partial charge in [-0.05, 0) is 32.7 Å². The second-order valence-corrected chi connectivity index (χ2v) is 5.29. The fourth-order valence-corrected chi connectivity index (χ4v) is 2.59. The topological polar surface area (TPSA) is 41.0 Å². The molecule has 1 aliphatic rings. The Bertz CT molecular complexity index is 372. The van der Waals surface area contributed by atoms with Crippen molar-refractivity contribution in [3.63, 3.8) is 0 Å². The van der Waals surface area contributed by atoms with Gasteiger partial charge in [0.05, 0.1) is 6.20 Å². The van der Waals surface area contributed by atoms with E-state index in [9.17, 15) is 0 Å². The zero-order valence-electron chi connectivity index (χ0n) is 10.9. The summed E-state index contributed by atoms with van der Waals surface area (Å²) in [4.78, 5) is 10.6. The Labute approximate surface area is 114 Å². The molecule has 1 N–H and O–H groups in total. The normalized spacial score (nSPS) is 20.9. The predicted octanol–water partition coefficient (Wildman–Crippen LogP) is 2.81. The standard InChI is InChI=1S/C13H21ClN4/c1-11-5-2-3-7-18(11)8-4-6-16-13-12(14)9-15-10-17-13/h9-11H,2-8H2,1H3,(H,15,16,17). The number of nitrogens with one attached hydrogen (secondary N) is 1.